The zero-order valence-corrected chi connectivity index (χ0v) is 14.2. The maximum absolute atomic E-state index is 12.3. The number of hydrogen-bond donors (Lipinski definition) is 1. The van der Waals surface area contributed by atoms with E-state index in [0.717, 1.165) is 6.42 Å². The number of benzene rings is 2. The Hall–Kier alpha value is -2.85. The Labute approximate surface area is 151 Å². The molecule has 0 saturated carbocycles. The van der Waals surface area contributed by atoms with E-state index in [9.17, 15) is 4.79 Å². The summed E-state index contributed by atoms with van der Waals surface area (Å²) >= 11 is 5.74. The molecule has 1 aromatic heterocycles. The number of rotatable bonds is 6. The Morgan fingerprint density at radius 2 is 1.88 bits per heavy atom. The van der Waals surface area contributed by atoms with Crippen molar-refractivity contribution in [2.24, 2.45) is 0 Å². The van der Waals surface area contributed by atoms with Crippen molar-refractivity contribution in [1.82, 2.24) is 4.98 Å². The minimum atomic E-state index is -0.224. The summed E-state index contributed by atoms with van der Waals surface area (Å²) in [4.78, 5) is 16.3. The summed E-state index contributed by atoms with van der Waals surface area (Å²) < 4.78 is 5.76. The van der Waals surface area contributed by atoms with Crippen LogP contribution in [0.25, 0.3) is 0 Å². The second-order valence-corrected chi connectivity index (χ2v) is 5.82. The van der Waals surface area contributed by atoms with Crippen LogP contribution in [0.3, 0.4) is 0 Å². The summed E-state index contributed by atoms with van der Waals surface area (Å²) in [6.45, 7) is 0.552. The number of halogens is 1. The summed E-state index contributed by atoms with van der Waals surface area (Å²) in [5.74, 6) is 0.440. The molecule has 0 aliphatic carbocycles. The zero-order valence-electron chi connectivity index (χ0n) is 13.5. The molecule has 0 spiro atoms. The number of carbonyl (C=O) groups is 1. The summed E-state index contributed by atoms with van der Waals surface area (Å²) in [6, 6.07) is 20.6. The van der Waals surface area contributed by atoms with Gasteiger partial charge in [0.15, 0.2) is 0 Å². The van der Waals surface area contributed by atoms with Crippen molar-refractivity contribution in [3.05, 3.63) is 89.2 Å². The maximum atomic E-state index is 12.3. The average molecular weight is 353 g/mol. The molecule has 0 atom stereocenters. The van der Waals surface area contributed by atoms with E-state index in [1.54, 1.807) is 30.3 Å². The third kappa shape index (κ3) is 5.06. The molecule has 0 bridgehead atoms. The number of ether oxygens (including phenoxy) is 1. The number of carbonyl (C=O) groups excluding carboxylic acids is 1. The van der Waals surface area contributed by atoms with Crippen LogP contribution in [-0.4, -0.2) is 17.5 Å². The van der Waals surface area contributed by atoms with Gasteiger partial charge in [-0.05, 0) is 35.9 Å². The highest BCUT2D eigenvalue weighted by Gasteiger charge is 2.08. The highest BCUT2D eigenvalue weighted by Crippen LogP contribution is 2.16. The van der Waals surface area contributed by atoms with Gasteiger partial charge in [-0.25, -0.2) is 4.98 Å². The van der Waals surface area contributed by atoms with Gasteiger partial charge in [-0.15, -0.1) is 0 Å². The van der Waals surface area contributed by atoms with E-state index < -0.39 is 0 Å². The van der Waals surface area contributed by atoms with Gasteiger partial charge in [-0.2, -0.15) is 0 Å². The molecule has 3 aromatic rings. The Kier molecular flexibility index (Phi) is 5.65. The number of nitrogens with one attached hydrogen (secondary N) is 1. The molecule has 3 rings (SSSR count). The normalized spacial score (nSPS) is 10.3. The molecule has 5 heteroatoms. The van der Waals surface area contributed by atoms with Gasteiger partial charge in [0.1, 0.15) is 10.9 Å². The molecule has 0 fully saturated rings. The Bertz CT molecular complexity index is 836. The Morgan fingerprint density at radius 3 is 2.64 bits per heavy atom. The van der Waals surface area contributed by atoms with Crippen LogP contribution in [0.15, 0.2) is 72.9 Å². The van der Waals surface area contributed by atoms with Crippen molar-refractivity contribution in [3.63, 3.8) is 0 Å². The van der Waals surface area contributed by atoms with Crippen molar-refractivity contribution in [2.45, 2.75) is 6.42 Å². The fraction of sp³-hybridized carbons (Fsp3) is 0.100. The molecular formula is C20H17ClN2O2. The van der Waals surface area contributed by atoms with Gasteiger partial charge in [0.2, 0.25) is 0 Å². The maximum Gasteiger partial charge on any atom is 0.255 e. The summed E-state index contributed by atoms with van der Waals surface area (Å²) in [5.41, 5.74) is 2.32. The predicted octanol–water partition coefficient (Wildman–Crippen LogP) is 4.61. The molecule has 1 heterocycles. The van der Waals surface area contributed by atoms with E-state index in [-0.39, 0.29) is 5.91 Å². The number of hydrogen-bond acceptors (Lipinski definition) is 3. The molecule has 1 amide bonds. The van der Waals surface area contributed by atoms with Crippen molar-refractivity contribution < 1.29 is 9.53 Å². The first kappa shape index (κ1) is 17.0. The average Bonchev–Trinajstić information content (AvgIpc) is 2.65. The highest BCUT2D eigenvalue weighted by atomic mass is 35.5. The van der Waals surface area contributed by atoms with Crippen LogP contribution in [-0.2, 0) is 6.42 Å². The lowest BCUT2D eigenvalue weighted by Gasteiger charge is -2.09. The fourth-order valence-electron chi connectivity index (χ4n) is 2.31. The van der Waals surface area contributed by atoms with Gasteiger partial charge in [-0.1, -0.05) is 48.0 Å². The Morgan fingerprint density at radius 1 is 1.04 bits per heavy atom. The SMILES string of the molecule is O=C(Nc1ccc(Cl)nc1)c1cccc(OCCc2ccccc2)c1. The standard InChI is InChI=1S/C20H17ClN2O2/c21-19-10-9-17(14-22-19)23-20(24)16-7-4-8-18(13-16)25-12-11-15-5-2-1-3-6-15/h1-10,13-14H,11-12H2,(H,23,24). The van der Waals surface area contributed by atoms with E-state index in [1.807, 2.05) is 24.3 Å². The van der Waals surface area contributed by atoms with E-state index in [4.69, 9.17) is 16.3 Å². The number of anilines is 1. The number of pyridine rings is 1. The van der Waals surface area contributed by atoms with E-state index in [0.29, 0.717) is 28.8 Å². The third-order valence-electron chi connectivity index (χ3n) is 3.58. The van der Waals surface area contributed by atoms with E-state index >= 15 is 0 Å². The molecule has 0 aliphatic heterocycles. The second-order valence-electron chi connectivity index (χ2n) is 5.44. The van der Waals surface area contributed by atoms with Gasteiger partial charge in [0, 0.05) is 12.0 Å². The number of nitrogens with zero attached hydrogens (tertiary/aromatic N) is 1. The molecule has 0 saturated heterocycles. The van der Waals surface area contributed by atoms with E-state index in [1.165, 1.54) is 11.8 Å². The number of aromatic nitrogens is 1. The van der Waals surface area contributed by atoms with Gasteiger partial charge >= 0.3 is 0 Å². The van der Waals surface area contributed by atoms with Gasteiger partial charge in [0.05, 0.1) is 18.5 Å². The molecule has 1 N–H and O–H groups in total. The summed E-state index contributed by atoms with van der Waals surface area (Å²) in [5, 5.41) is 3.16. The topological polar surface area (TPSA) is 51.2 Å². The predicted molar refractivity (Wildman–Crippen MR) is 99.3 cm³/mol. The van der Waals surface area contributed by atoms with Crippen molar-refractivity contribution in [3.8, 4) is 5.75 Å². The first-order valence-corrected chi connectivity index (χ1v) is 8.28. The molecule has 25 heavy (non-hydrogen) atoms. The number of amides is 1. The summed E-state index contributed by atoms with van der Waals surface area (Å²) in [6.07, 6.45) is 2.33. The molecule has 0 aliphatic rings. The molecule has 4 nitrogen and oxygen atoms in total. The van der Waals surface area contributed by atoms with Crippen molar-refractivity contribution in [2.75, 3.05) is 11.9 Å². The van der Waals surface area contributed by atoms with Crippen LogP contribution >= 0.6 is 11.6 Å². The van der Waals surface area contributed by atoms with Crippen LogP contribution in [0.2, 0.25) is 5.15 Å². The third-order valence-corrected chi connectivity index (χ3v) is 3.81. The fourth-order valence-corrected chi connectivity index (χ4v) is 2.42. The van der Waals surface area contributed by atoms with Crippen LogP contribution < -0.4 is 10.1 Å². The summed E-state index contributed by atoms with van der Waals surface area (Å²) in [7, 11) is 0. The monoisotopic (exact) mass is 352 g/mol. The first-order valence-electron chi connectivity index (χ1n) is 7.90. The second kappa shape index (κ2) is 8.31. The van der Waals surface area contributed by atoms with Crippen molar-refractivity contribution in [1.29, 1.82) is 0 Å². The van der Waals surface area contributed by atoms with Crippen LogP contribution in [0.1, 0.15) is 15.9 Å². The van der Waals surface area contributed by atoms with E-state index in [2.05, 4.69) is 22.4 Å². The van der Waals surface area contributed by atoms with Crippen molar-refractivity contribution >= 4 is 23.2 Å². The molecule has 2 aromatic carbocycles. The van der Waals surface area contributed by atoms with Crippen LogP contribution in [0.4, 0.5) is 5.69 Å². The zero-order chi connectivity index (χ0) is 17.5. The minimum absolute atomic E-state index is 0.224. The molecule has 0 unspecified atom stereocenters. The molecular weight excluding hydrogens is 336 g/mol. The molecule has 126 valence electrons. The molecule has 0 radical (unpaired) electrons. The van der Waals surface area contributed by atoms with Gasteiger partial charge < -0.3 is 10.1 Å². The minimum Gasteiger partial charge on any atom is -0.493 e. The smallest absolute Gasteiger partial charge is 0.255 e. The largest absolute Gasteiger partial charge is 0.493 e. The van der Waals surface area contributed by atoms with Crippen LogP contribution in [0, 0.1) is 0 Å². The van der Waals surface area contributed by atoms with Gasteiger partial charge in [0.25, 0.3) is 5.91 Å². The van der Waals surface area contributed by atoms with Crippen LogP contribution in [0.5, 0.6) is 5.75 Å². The highest BCUT2D eigenvalue weighted by molar-refractivity contribution is 6.29. The lowest BCUT2D eigenvalue weighted by atomic mass is 10.1. The first-order chi connectivity index (χ1) is 12.2. The Balaban J connectivity index is 1.58. The quantitative estimate of drug-likeness (QED) is 0.659. The lowest BCUT2D eigenvalue weighted by Crippen LogP contribution is -2.12. The lowest BCUT2D eigenvalue weighted by molar-refractivity contribution is 0.102. The van der Waals surface area contributed by atoms with Gasteiger partial charge in [-0.3, -0.25) is 4.79 Å².